The molecule has 8 nitrogen and oxygen atoms in total. The first-order valence-electron chi connectivity index (χ1n) is 8.80. The van der Waals surface area contributed by atoms with E-state index in [2.05, 4.69) is 10.3 Å². The van der Waals surface area contributed by atoms with E-state index in [9.17, 15) is 27.6 Å². The standard InChI is InChI=1S/C19H14ClF3N4O4S/c1-26-16(29)13(17(30)27(2)18(26)32)14(28)25-10-3-5-11(6-4-10)31-15-12(20)7-9(8-24-15)19(21,22)23/h3-8,13H,1-2H3,(H,25,28). The van der Waals surface area contributed by atoms with Gasteiger partial charge in [0.15, 0.2) is 11.0 Å². The lowest BCUT2D eigenvalue weighted by molar-refractivity contribution is -0.149. The summed E-state index contributed by atoms with van der Waals surface area (Å²) >= 11 is 10.8. The van der Waals surface area contributed by atoms with Crippen molar-refractivity contribution in [3.8, 4) is 11.6 Å². The molecule has 0 spiro atoms. The molecule has 0 radical (unpaired) electrons. The summed E-state index contributed by atoms with van der Waals surface area (Å²) in [5.41, 5.74) is -0.773. The second-order valence-electron chi connectivity index (χ2n) is 6.63. The summed E-state index contributed by atoms with van der Waals surface area (Å²) in [6.45, 7) is 0. The van der Waals surface area contributed by atoms with Crippen LogP contribution < -0.4 is 10.1 Å². The van der Waals surface area contributed by atoms with Crippen LogP contribution in [0.1, 0.15) is 5.56 Å². The van der Waals surface area contributed by atoms with E-state index in [1.807, 2.05) is 0 Å². The molecule has 2 aromatic rings. The maximum absolute atomic E-state index is 12.7. The van der Waals surface area contributed by atoms with Crippen molar-refractivity contribution in [2.45, 2.75) is 6.18 Å². The zero-order chi connectivity index (χ0) is 23.8. The lowest BCUT2D eigenvalue weighted by atomic mass is 10.0. The van der Waals surface area contributed by atoms with Crippen LogP contribution in [0.4, 0.5) is 18.9 Å². The molecule has 0 bridgehead atoms. The van der Waals surface area contributed by atoms with Gasteiger partial charge in [-0.1, -0.05) is 11.6 Å². The van der Waals surface area contributed by atoms with Gasteiger partial charge >= 0.3 is 6.18 Å². The number of benzene rings is 1. The van der Waals surface area contributed by atoms with E-state index in [4.69, 9.17) is 28.6 Å². The van der Waals surface area contributed by atoms with Gasteiger partial charge in [-0.2, -0.15) is 13.2 Å². The normalized spacial score (nSPS) is 15.2. The quantitative estimate of drug-likeness (QED) is 0.526. The van der Waals surface area contributed by atoms with Crippen LogP contribution in [-0.4, -0.2) is 51.7 Å². The van der Waals surface area contributed by atoms with E-state index in [1.54, 1.807) is 0 Å². The Morgan fingerprint density at radius 1 is 1.16 bits per heavy atom. The predicted molar refractivity (Wildman–Crippen MR) is 111 cm³/mol. The SMILES string of the molecule is CN1C(=O)C(C(=O)Nc2ccc(Oc3ncc(C(F)(F)F)cc3Cl)cc2)C(=O)N(C)C1=S. The first-order chi connectivity index (χ1) is 14.9. The molecule has 3 amide bonds. The number of amides is 3. The van der Waals surface area contributed by atoms with E-state index in [0.29, 0.717) is 12.3 Å². The minimum Gasteiger partial charge on any atom is -0.438 e. The van der Waals surface area contributed by atoms with Crippen molar-refractivity contribution in [2.24, 2.45) is 5.92 Å². The van der Waals surface area contributed by atoms with Crippen LogP contribution in [0.5, 0.6) is 11.6 Å². The third kappa shape index (κ3) is 4.65. The number of nitrogens with one attached hydrogen (secondary N) is 1. The Labute approximate surface area is 189 Å². The Hall–Kier alpha value is -3.25. The molecular weight excluding hydrogens is 473 g/mol. The molecule has 0 atom stereocenters. The van der Waals surface area contributed by atoms with Crippen molar-refractivity contribution in [1.29, 1.82) is 0 Å². The maximum atomic E-state index is 12.7. The number of pyridine rings is 1. The van der Waals surface area contributed by atoms with Crippen LogP contribution in [0.25, 0.3) is 0 Å². The largest absolute Gasteiger partial charge is 0.438 e. The summed E-state index contributed by atoms with van der Waals surface area (Å²) in [6.07, 6.45) is -4.00. The Morgan fingerprint density at radius 2 is 1.72 bits per heavy atom. The lowest BCUT2D eigenvalue weighted by Crippen LogP contribution is -2.59. The summed E-state index contributed by atoms with van der Waals surface area (Å²) in [5, 5.41) is 2.11. The number of alkyl halides is 3. The minimum atomic E-state index is -4.59. The van der Waals surface area contributed by atoms with Crippen molar-refractivity contribution in [2.75, 3.05) is 19.4 Å². The topological polar surface area (TPSA) is 91.8 Å². The molecule has 168 valence electrons. The number of ether oxygens (including phenoxy) is 1. The Balaban J connectivity index is 1.70. The fourth-order valence-electron chi connectivity index (χ4n) is 2.72. The average molecular weight is 487 g/mol. The van der Waals surface area contributed by atoms with Crippen LogP contribution in [0, 0.1) is 5.92 Å². The van der Waals surface area contributed by atoms with Gasteiger partial charge in [-0.05, 0) is 42.5 Å². The van der Waals surface area contributed by atoms with E-state index < -0.39 is 35.4 Å². The Bertz CT molecular complexity index is 1090. The highest BCUT2D eigenvalue weighted by Gasteiger charge is 2.45. The summed E-state index contributed by atoms with van der Waals surface area (Å²) in [5.74, 6) is -4.01. The summed E-state index contributed by atoms with van der Waals surface area (Å²) in [7, 11) is 2.72. The van der Waals surface area contributed by atoms with Gasteiger partial charge in [0.2, 0.25) is 11.8 Å². The molecule has 1 fully saturated rings. The molecule has 2 heterocycles. The first-order valence-corrected chi connectivity index (χ1v) is 9.59. The first kappa shape index (κ1) is 23.4. The molecule has 32 heavy (non-hydrogen) atoms. The molecule has 1 N–H and O–H groups in total. The second kappa shape index (κ2) is 8.71. The lowest BCUT2D eigenvalue weighted by Gasteiger charge is -2.34. The van der Waals surface area contributed by atoms with Gasteiger partial charge < -0.3 is 10.1 Å². The molecule has 0 aliphatic carbocycles. The summed E-state index contributed by atoms with van der Waals surface area (Å²) < 4.78 is 43.4. The van der Waals surface area contributed by atoms with Crippen LogP contribution >= 0.6 is 23.8 Å². The average Bonchev–Trinajstić information content (AvgIpc) is 2.73. The number of rotatable bonds is 4. The molecule has 1 saturated heterocycles. The van der Waals surface area contributed by atoms with Crippen LogP contribution in [0.15, 0.2) is 36.5 Å². The zero-order valence-corrected chi connectivity index (χ0v) is 18.0. The van der Waals surface area contributed by atoms with E-state index in [-0.39, 0.29) is 27.5 Å². The van der Waals surface area contributed by atoms with Gasteiger partial charge in [0.1, 0.15) is 10.8 Å². The molecule has 13 heteroatoms. The highest BCUT2D eigenvalue weighted by Crippen LogP contribution is 2.34. The molecule has 1 aromatic carbocycles. The van der Waals surface area contributed by atoms with E-state index in [0.717, 1.165) is 9.80 Å². The van der Waals surface area contributed by atoms with Crippen LogP contribution in [-0.2, 0) is 20.6 Å². The van der Waals surface area contributed by atoms with Crippen LogP contribution in [0.2, 0.25) is 5.02 Å². The fourth-order valence-corrected chi connectivity index (χ4v) is 3.10. The van der Waals surface area contributed by atoms with Gasteiger partial charge in [-0.15, -0.1) is 0 Å². The fraction of sp³-hybridized carbons (Fsp3) is 0.211. The number of halogens is 4. The van der Waals surface area contributed by atoms with Gasteiger partial charge in [0.25, 0.3) is 11.8 Å². The Morgan fingerprint density at radius 3 is 2.22 bits per heavy atom. The number of carbonyl (C=O) groups is 3. The number of hydrogen-bond acceptors (Lipinski definition) is 6. The molecular formula is C19H14ClF3N4O4S. The summed E-state index contributed by atoms with van der Waals surface area (Å²) in [4.78, 5) is 42.8. The van der Waals surface area contributed by atoms with Gasteiger partial charge in [0, 0.05) is 26.0 Å². The van der Waals surface area contributed by atoms with Crippen molar-refractivity contribution in [3.05, 3.63) is 47.1 Å². The predicted octanol–water partition coefficient (Wildman–Crippen LogP) is 3.32. The molecule has 3 rings (SSSR count). The van der Waals surface area contributed by atoms with Gasteiger partial charge in [0.05, 0.1) is 5.56 Å². The molecule has 1 aliphatic heterocycles. The van der Waals surface area contributed by atoms with E-state index >= 15 is 0 Å². The van der Waals surface area contributed by atoms with E-state index in [1.165, 1.54) is 38.4 Å². The monoisotopic (exact) mass is 486 g/mol. The molecule has 0 unspecified atom stereocenters. The van der Waals surface area contributed by atoms with Crippen molar-refractivity contribution < 1.29 is 32.3 Å². The molecule has 1 aliphatic rings. The minimum absolute atomic E-state index is 0.0129. The van der Waals surface area contributed by atoms with Gasteiger partial charge in [-0.25, -0.2) is 4.98 Å². The third-order valence-corrected chi connectivity index (χ3v) is 5.28. The van der Waals surface area contributed by atoms with Crippen molar-refractivity contribution in [1.82, 2.24) is 14.8 Å². The van der Waals surface area contributed by atoms with Crippen LogP contribution in [0.3, 0.4) is 0 Å². The number of hydrogen-bond donors (Lipinski definition) is 1. The smallest absolute Gasteiger partial charge is 0.417 e. The number of anilines is 1. The Kier molecular flexibility index (Phi) is 6.37. The third-order valence-electron chi connectivity index (χ3n) is 4.46. The van der Waals surface area contributed by atoms with Crippen molar-refractivity contribution in [3.63, 3.8) is 0 Å². The zero-order valence-electron chi connectivity index (χ0n) is 16.4. The highest BCUT2D eigenvalue weighted by molar-refractivity contribution is 7.80. The number of aromatic nitrogens is 1. The number of thiocarbonyl (C=S) groups is 1. The van der Waals surface area contributed by atoms with Gasteiger partial charge in [-0.3, -0.25) is 24.2 Å². The maximum Gasteiger partial charge on any atom is 0.417 e. The number of carbonyl (C=O) groups excluding carboxylic acids is 3. The molecule has 0 saturated carbocycles. The molecule has 1 aromatic heterocycles. The van der Waals surface area contributed by atoms with Crippen molar-refractivity contribution >= 4 is 52.3 Å². The number of nitrogens with zero attached hydrogens (tertiary/aromatic N) is 3. The summed E-state index contributed by atoms with van der Waals surface area (Å²) in [6, 6.07) is 6.28. The second-order valence-corrected chi connectivity index (χ2v) is 7.41. The highest BCUT2D eigenvalue weighted by atomic mass is 35.5.